The Morgan fingerprint density at radius 2 is 1.56 bits per heavy atom. The molecule has 0 saturated carbocycles. The van der Waals surface area contributed by atoms with E-state index < -0.39 is 18.3 Å². The van der Waals surface area contributed by atoms with E-state index >= 15 is 0 Å². The molecule has 2 aromatic carbocycles. The molecule has 3 atom stereocenters. The molecule has 0 radical (unpaired) electrons. The van der Waals surface area contributed by atoms with E-state index in [0.29, 0.717) is 12.1 Å². The van der Waals surface area contributed by atoms with Crippen molar-refractivity contribution in [3.63, 3.8) is 0 Å². The Labute approximate surface area is 167 Å². The van der Waals surface area contributed by atoms with Crippen LogP contribution in [0.3, 0.4) is 0 Å². The van der Waals surface area contributed by atoms with Gasteiger partial charge < -0.3 is 4.52 Å². The summed E-state index contributed by atoms with van der Waals surface area (Å²) in [5, 5.41) is 0.220. The minimum Gasteiger partial charge on any atom is -0.337 e. The SMILES string of the molecule is CC(C)(C)P1O[C@H](CS(C)(c2ccccc2)c2ccccc2)[C@@H]2CCCN21. The summed E-state index contributed by atoms with van der Waals surface area (Å²) in [7, 11) is -1.64. The predicted octanol–water partition coefficient (Wildman–Crippen LogP) is 6.51. The van der Waals surface area contributed by atoms with Gasteiger partial charge in [-0.2, -0.15) is 10.0 Å². The van der Waals surface area contributed by atoms with E-state index in [2.05, 4.69) is 92.4 Å². The molecule has 1 unspecified atom stereocenters. The number of benzene rings is 2. The van der Waals surface area contributed by atoms with Gasteiger partial charge in [-0.15, -0.1) is 0 Å². The molecule has 2 saturated heterocycles. The third kappa shape index (κ3) is 3.72. The van der Waals surface area contributed by atoms with Crippen molar-refractivity contribution in [2.24, 2.45) is 0 Å². The minimum atomic E-state index is -1.13. The number of hydrogen-bond donors (Lipinski definition) is 0. The highest BCUT2D eigenvalue weighted by atomic mass is 32.3. The second-order valence-corrected chi connectivity index (χ2v) is 14.9. The summed E-state index contributed by atoms with van der Waals surface area (Å²) in [4.78, 5) is 2.94. The molecule has 0 bridgehead atoms. The molecule has 2 aliphatic heterocycles. The highest BCUT2D eigenvalue weighted by Crippen LogP contribution is 2.67. The Morgan fingerprint density at radius 1 is 1.00 bits per heavy atom. The number of fused-ring (bicyclic) bond motifs is 1. The van der Waals surface area contributed by atoms with Crippen molar-refractivity contribution in [1.82, 2.24) is 4.67 Å². The first-order chi connectivity index (χ1) is 12.9. The van der Waals surface area contributed by atoms with Crippen LogP contribution >= 0.6 is 18.3 Å². The summed E-state index contributed by atoms with van der Waals surface area (Å²) in [6.45, 7) is 8.25. The van der Waals surface area contributed by atoms with Crippen LogP contribution in [0.2, 0.25) is 0 Å². The largest absolute Gasteiger partial charge is 0.337 e. The van der Waals surface area contributed by atoms with Gasteiger partial charge in [-0.05, 0) is 53.2 Å². The quantitative estimate of drug-likeness (QED) is 0.541. The third-order valence-corrected chi connectivity index (χ3v) is 12.0. The molecule has 27 heavy (non-hydrogen) atoms. The Bertz CT molecular complexity index is 721. The van der Waals surface area contributed by atoms with E-state index in [1.807, 2.05) is 0 Å². The van der Waals surface area contributed by atoms with Crippen molar-refractivity contribution in [3.05, 3.63) is 60.7 Å². The van der Waals surface area contributed by atoms with Gasteiger partial charge in [0.2, 0.25) is 0 Å². The maximum Gasteiger partial charge on any atom is 0.110 e. The molecule has 4 heteroatoms. The summed E-state index contributed by atoms with van der Waals surface area (Å²) >= 11 is 0. The Morgan fingerprint density at radius 3 is 2.07 bits per heavy atom. The second kappa shape index (κ2) is 7.52. The fourth-order valence-electron chi connectivity index (χ4n) is 4.42. The molecular weight excluding hydrogens is 369 g/mol. The normalized spacial score (nSPS) is 26.9. The van der Waals surface area contributed by atoms with Crippen molar-refractivity contribution in [2.75, 3.05) is 18.6 Å². The van der Waals surface area contributed by atoms with Crippen molar-refractivity contribution in [3.8, 4) is 0 Å². The lowest BCUT2D eigenvalue weighted by Gasteiger charge is -2.39. The topological polar surface area (TPSA) is 12.5 Å². The van der Waals surface area contributed by atoms with Crippen LogP contribution in [-0.2, 0) is 4.52 Å². The van der Waals surface area contributed by atoms with Gasteiger partial charge in [-0.25, -0.2) is 0 Å². The van der Waals surface area contributed by atoms with Gasteiger partial charge in [0.05, 0.1) is 6.10 Å². The summed E-state index contributed by atoms with van der Waals surface area (Å²) in [5.41, 5.74) is 0. The molecule has 0 spiro atoms. The summed E-state index contributed by atoms with van der Waals surface area (Å²) < 4.78 is 9.56. The zero-order chi connectivity index (χ0) is 19.1. The van der Waals surface area contributed by atoms with E-state index in [0.717, 1.165) is 5.75 Å². The molecule has 2 nitrogen and oxygen atoms in total. The van der Waals surface area contributed by atoms with Gasteiger partial charge >= 0.3 is 0 Å². The molecule has 2 aliphatic rings. The molecule has 4 rings (SSSR count). The highest BCUT2D eigenvalue weighted by molar-refractivity contribution is 8.33. The predicted molar refractivity (Wildman–Crippen MR) is 119 cm³/mol. The van der Waals surface area contributed by atoms with Crippen LogP contribution in [0, 0.1) is 0 Å². The van der Waals surface area contributed by atoms with Crippen LogP contribution in [-0.4, -0.2) is 40.5 Å². The van der Waals surface area contributed by atoms with Gasteiger partial charge in [0.15, 0.2) is 0 Å². The van der Waals surface area contributed by atoms with Crippen LogP contribution in [0.25, 0.3) is 0 Å². The molecule has 2 aromatic rings. The summed E-state index contributed by atoms with van der Waals surface area (Å²) in [5.74, 6) is 1.12. The lowest BCUT2D eigenvalue weighted by molar-refractivity contribution is 0.233. The molecule has 0 amide bonds. The molecule has 2 fully saturated rings. The Kier molecular flexibility index (Phi) is 5.42. The van der Waals surface area contributed by atoms with Crippen LogP contribution in [0.1, 0.15) is 33.6 Å². The van der Waals surface area contributed by atoms with Gasteiger partial charge in [-0.1, -0.05) is 57.2 Å². The second-order valence-electron chi connectivity index (χ2n) is 8.84. The first kappa shape index (κ1) is 19.5. The van der Waals surface area contributed by atoms with Crippen LogP contribution in [0.15, 0.2) is 70.5 Å². The fraction of sp³-hybridized carbons (Fsp3) is 0.478. The lowest BCUT2D eigenvalue weighted by Crippen LogP contribution is -2.33. The Hall–Kier alpha value is -0.860. The lowest BCUT2D eigenvalue weighted by atomic mass is 10.1. The van der Waals surface area contributed by atoms with Crippen molar-refractivity contribution >= 4 is 18.3 Å². The maximum atomic E-state index is 6.84. The monoisotopic (exact) mass is 401 g/mol. The Balaban J connectivity index is 1.69. The zero-order valence-electron chi connectivity index (χ0n) is 17.0. The maximum absolute atomic E-state index is 6.84. The molecule has 146 valence electrons. The smallest absolute Gasteiger partial charge is 0.110 e. The number of hydrogen-bond acceptors (Lipinski definition) is 2. The molecule has 0 aliphatic carbocycles. The van der Waals surface area contributed by atoms with E-state index in [1.54, 1.807) is 0 Å². The van der Waals surface area contributed by atoms with Crippen molar-refractivity contribution in [2.45, 2.75) is 60.7 Å². The van der Waals surface area contributed by atoms with Crippen molar-refractivity contribution in [1.29, 1.82) is 0 Å². The van der Waals surface area contributed by atoms with Gasteiger partial charge in [0.1, 0.15) is 8.30 Å². The molecular formula is C23H32NOPS. The van der Waals surface area contributed by atoms with Crippen LogP contribution < -0.4 is 0 Å². The molecule has 0 N–H and O–H groups in total. The molecule has 0 aromatic heterocycles. The third-order valence-electron chi connectivity index (χ3n) is 5.77. The van der Waals surface area contributed by atoms with Crippen LogP contribution in [0.5, 0.6) is 0 Å². The summed E-state index contributed by atoms with van der Waals surface area (Å²) in [6, 6.07) is 22.8. The fourth-order valence-corrected chi connectivity index (χ4v) is 10.2. The number of nitrogens with zero attached hydrogens (tertiary/aromatic N) is 1. The number of rotatable bonds is 4. The average molecular weight is 402 g/mol. The van der Waals surface area contributed by atoms with E-state index in [-0.39, 0.29) is 5.16 Å². The average Bonchev–Trinajstić information content (AvgIpc) is 3.26. The molecule has 2 heterocycles. The van der Waals surface area contributed by atoms with Crippen molar-refractivity contribution < 1.29 is 4.52 Å². The van der Waals surface area contributed by atoms with E-state index in [1.165, 1.54) is 29.2 Å². The van der Waals surface area contributed by atoms with Crippen LogP contribution in [0.4, 0.5) is 0 Å². The standard InChI is InChI=1S/C23H32NOPS/c1-23(2,3)26-24-17-11-16-21(24)22(25-26)18-27(4,19-12-7-5-8-13-19)20-14-9-6-10-15-20/h5-10,12-15,21-22H,11,16-18H2,1-4H3/t21-,22+,26?/m0/s1. The first-order valence-corrected chi connectivity index (χ1v) is 13.4. The van der Waals surface area contributed by atoms with Gasteiger partial charge in [0.25, 0.3) is 0 Å². The zero-order valence-corrected chi connectivity index (χ0v) is 18.7. The first-order valence-electron chi connectivity index (χ1n) is 9.99. The highest BCUT2D eigenvalue weighted by Gasteiger charge is 2.50. The van der Waals surface area contributed by atoms with E-state index in [4.69, 9.17) is 4.52 Å². The minimum absolute atomic E-state index is 0.220. The van der Waals surface area contributed by atoms with E-state index in [9.17, 15) is 0 Å². The van der Waals surface area contributed by atoms with Gasteiger partial charge in [0, 0.05) is 23.5 Å². The summed E-state index contributed by atoms with van der Waals surface area (Å²) in [6.07, 6.45) is 5.44. The van der Waals surface area contributed by atoms with Gasteiger partial charge in [-0.3, -0.25) is 4.67 Å².